The fourth-order valence-electron chi connectivity index (χ4n) is 2.18. The molecule has 20 heavy (non-hydrogen) atoms. The average molecular weight is 293 g/mol. The third-order valence-corrected chi connectivity index (χ3v) is 3.51. The third-order valence-electron chi connectivity index (χ3n) is 3.20. The molecule has 0 saturated carbocycles. The summed E-state index contributed by atoms with van der Waals surface area (Å²) >= 11 is 5.64. The fourth-order valence-corrected chi connectivity index (χ4v) is 2.30. The minimum absolute atomic E-state index is 0.0632. The first-order valence-corrected chi connectivity index (χ1v) is 7.07. The minimum atomic E-state index is -0.838. The predicted octanol–water partition coefficient (Wildman–Crippen LogP) is 4.76. The molecule has 0 fully saturated rings. The van der Waals surface area contributed by atoms with Crippen LogP contribution in [0.2, 0.25) is 5.02 Å². The lowest BCUT2D eigenvalue weighted by atomic mass is 9.97. The van der Waals surface area contributed by atoms with Crippen molar-refractivity contribution < 1.29 is 9.50 Å². The van der Waals surface area contributed by atoms with Crippen LogP contribution in [0.1, 0.15) is 36.6 Å². The molecular weight excluding hydrogens is 275 g/mol. The van der Waals surface area contributed by atoms with E-state index in [9.17, 15) is 9.50 Å². The van der Waals surface area contributed by atoms with Gasteiger partial charge in [-0.25, -0.2) is 4.39 Å². The van der Waals surface area contributed by atoms with Crippen LogP contribution in [0.15, 0.2) is 42.5 Å². The Labute approximate surface area is 124 Å². The largest absolute Gasteiger partial charge is 0.384 e. The van der Waals surface area contributed by atoms with E-state index in [0.717, 1.165) is 12.0 Å². The number of rotatable bonds is 4. The molecule has 0 aliphatic rings. The Morgan fingerprint density at radius 1 is 1.05 bits per heavy atom. The molecule has 1 unspecified atom stereocenters. The lowest BCUT2D eigenvalue weighted by Gasteiger charge is -2.13. The summed E-state index contributed by atoms with van der Waals surface area (Å²) in [6.45, 7) is 4.33. The van der Waals surface area contributed by atoms with Gasteiger partial charge in [0.2, 0.25) is 0 Å². The second-order valence-electron chi connectivity index (χ2n) is 5.42. The maximum absolute atomic E-state index is 13.4. The summed E-state index contributed by atoms with van der Waals surface area (Å²) in [6, 6.07) is 12.1. The first kappa shape index (κ1) is 15.0. The number of hydrogen-bond donors (Lipinski definition) is 1. The molecule has 0 aromatic heterocycles. The van der Waals surface area contributed by atoms with Crippen LogP contribution in [0.4, 0.5) is 4.39 Å². The van der Waals surface area contributed by atoms with Crippen LogP contribution in [0.25, 0.3) is 0 Å². The molecule has 3 heteroatoms. The number of aliphatic hydroxyl groups is 1. The second kappa shape index (κ2) is 6.38. The Kier molecular flexibility index (Phi) is 4.79. The molecule has 0 aliphatic heterocycles. The molecule has 0 bridgehead atoms. The third kappa shape index (κ3) is 3.59. The number of benzene rings is 2. The van der Waals surface area contributed by atoms with Gasteiger partial charge < -0.3 is 5.11 Å². The van der Waals surface area contributed by atoms with Crippen molar-refractivity contribution in [3.05, 3.63) is 70.0 Å². The van der Waals surface area contributed by atoms with Gasteiger partial charge in [0.25, 0.3) is 0 Å². The second-order valence-corrected chi connectivity index (χ2v) is 5.82. The zero-order valence-electron chi connectivity index (χ0n) is 11.6. The molecule has 0 aliphatic carbocycles. The Morgan fingerprint density at radius 3 is 2.20 bits per heavy atom. The van der Waals surface area contributed by atoms with E-state index >= 15 is 0 Å². The van der Waals surface area contributed by atoms with Gasteiger partial charge in [-0.3, -0.25) is 0 Å². The van der Waals surface area contributed by atoms with Gasteiger partial charge in [-0.05, 0) is 41.2 Å². The van der Waals surface area contributed by atoms with Crippen molar-refractivity contribution in [2.24, 2.45) is 5.92 Å². The highest BCUT2D eigenvalue weighted by Crippen LogP contribution is 2.25. The highest BCUT2D eigenvalue weighted by Gasteiger charge is 2.12. The van der Waals surface area contributed by atoms with E-state index in [-0.39, 0.29) is 5.02 Å². The van der Waals surface area contributed by atoms with Gasteiger partial charge in [-0.1, -0.05) is 55.8 Å². The Morgan fingerprint density at radius 2 is 1.65 bits per heavy atom. The maximum atomic E-state index is 13.4. The van der Waals surface area contributed by atoms with Gasteiger partial charge >= 0.3 is 0 Å². The topological polar surface area (TPSA) is 20.2 Å². The molecule has 0 heterocycles. The van der Waals surface area contributed by atoms with E-state index in [1.807, 2.05) is 24.3 Å². The molecule has 2 aromatic rings. The smallest absolute Gasteiger partial charge is 0.142 e. The number of hydrogen-bond acceptors (Lipinski definition) is 1. The summed E-state index contributed by atoms with van der Waals surface area (Å²) in [7, 11) is 0. The first-order chi connectivity index (χ1) is 9.47. The molecule has 1 atom stereocenters. The van der Waals surface area contributed by atoms with Crippen molar-refractivity contribution in [2.45, 2.75) is 26.4 Å². The van der Waals surface area contributed by atoms with Crippen LogP contribution in [0.3, 0.4) is 0 Å². The Hall–Kier alpha value is -1.38. The molecule has 0 amide bonds. The minimum Gasteiger partial charge on any atom is -0.384 e. The molecule has 2 aromatic carbocycles. The van der Waals surface area contributed by atoms with Crippen LogP contribution < -0.4 is 0 Å². The van der Waals surface area contributed by atoms with Crippen LogP contribution >= 0.6 is 11.6 Å². The molecule has 0 spiro atoms. The molecule has 2 rings (SSSR count). The van der Waals surface area contributed by atoms with Crippen LogP contribution in [-0.2, 0) is 6.42 Å². The SMILES string of the molecule is CC(C)Cc1ccc(C(O)c2ccc(Cl)c(F)c2)cc1. The normalized spacial score (nSPS) is 12.7. The monoisotopic (exact) mass is 292 g/mol. The van der Waals surface area contributed by atoms with E-state index in [0.29, 0.717) is 11.5 Å². The summed E-state index contributed by atoms with van der Waals surface area (Å²) in [4.78, 5) is 0. The van der Waals surface area contributed by atoms with Gasteiger partial charge in [-0.2, -0.15) is 0 Å². The van der Waals surface area contributed by atoms with Gasteiger partial charge in [-0.15, -0.1) is 0 Å². The molecular formula is C17H18ClFO. The quantitative estimate of drug-likeness (QED) is 0.861. The van der Waals surface area contributed by atoms with E-state index in [4.69, 9.17) is 11.6 Å². The van der Waals surface area contributed by atoms with Crippen LogP contribution in [0.5, 0.6) is 0 Å². The summed E-state index contributed by atoms with van der Waals surface area (Å²) in [5, 5.41) is 10.3. The summed E-state index contributed by atoms with van der Waals surface area (Å²) in [6.07, 6.45) is 0.168. The van der Waals surface area contributed by atoms with Crippen molar-refractivity contribution in [2.75, 3.05) is 0 Å². The lowest BCUT2D eigenvalue weighted by Crippen LogP contribution is -2.01. The van der Waals surface area contributed by atoms with E-state index in [2.05, 4.69) is 13.8 Å². The van der Waals surface area contributed by atoms with Crippen molar-refractivity contribution in [3.63, 3.8) is 0 Å². The zero-order valence-corrected chi connectivity index (χ0v) is 12.4. The standard InChI is InChI=1S/C17H18ClFO/c1-11(2)9-12-3-5-13(6-4-12)17(20)14-7-8-15(18)16(19)10-14/h3-8,10-11,17,20H,9H2,1-2H3. The highest BCUT2D eigenvalue weighted by atomic mass is 35.5. The van der Waals surface area contributed by atoms with Crippen molar-refractivity contribution in [3.8, 4) is 0 Å². The summed E-state index contributed by atoms with van der Waals surface area (Å²) < 4.78 is 13.4. The van der Waals surface area contributed by atoms with Gasteiger partial charge in [0.1, 0.15) is 11.9 Å². The number of aliphatic hydroxyl groups excluding tert-OH is 1. The summed E-state index contributed by atoms with van der Waals surface area (Å²) in [5.41, 5.74) is 2.49. The van der Waals surface area contributed by atoms with Crippen molar-refractivity contribution in [1.82, 2.24) is 0 Å². The first-order valence-electron chi connectivity index (χ1n) is 6.69. The number of halogens is 2. The van der Waals surface area contributed by atoms with Gasteiger partial charge in [0.05, 0.1) is 5.02 Å². The van der Waals surface area contributed by atoms with Gasteiger partial charge in [0, 0.05) is 0 Å². The van der Waals surface area contributed by atoms with E-state index < -0.39 is 11.9 Å². The van der Waals surface area contributed by atoms with Crippen molar-refractivity contribution >= 4 is 11.6 Å². The molecule has 1 nitrogen and oxygen atoms in total. The molecule has 0 saturated heterocycles. The van der Waals surface area contributed by atoms with E-state index in [1.165, 1.54) is 17.7 Å². The predicted molar refractivity (Wildman–Crippen MR) is 80.5 cm³/mol. The van der Waals surface area contributed by atoms with Crippen LogP contribution in [-0.4, -0.2) is 5.11 Å². The van der Waals surface area contributed by atoms with Crippen molar-refractivity contribution in [1.29, 1.82) is 0 Å². The molecule has 1 N–H and O–H groups in total. The highest BCUT2D eigenvalue weighted by molar-refractivity contribution is 6.30. The Bertz CT molecular complexity index is 578. The lowest BCUT2D eigenvalue weighted by molar-refractivity contribution is 0.220. The van der Waals surface area contributed by atoms with Gasteiger partial charge in [0.15, 0.2) is 0 Å². The molecule has 106 valence electrons. The van der Waals surface area contributed by atoms with Crippen LogP contribution in [0, 0.1) is 11.7 Å². The maximum Gasteiger partial charge on any atom is 0.142 e. The zero-order chi connectivity index (χ0) is 14.7. The summed E-state index contributed by atoms with van der Waals surface area (Å²) in [5.74, 6) is 0.0794. The van der Waals surface area contributed by atoms with E-state index in [1.54, 1.807) is 6.07 Å². The fraction of sp³-hybridized carbons (Fsp3) is 0.294. The molecule has 0 radical (unpaired) electrons. The Balaban J connectivity index is 2.20. The average Bonchev–Trinajstić information content (AvgIpc) is 2.41.